The molecule has 0 spiro atoms. The summed E-state index contributed by atoms with van der Waals surface area (Å²) in [4.78, 5) is 2.48. The molecule has 0 heterocycles. The second-order valence-electron chi connectivity index (χ2n) is 5.93. The highest BCUT2D eigenvalue weighted by molar-refractivity contribution is 5.34. The Hall–Kier alpha value is -0.860. The van der Waals surface area contributed by atoms with Gasteiger partial charge in [-0.3, -0.25) is 4.90 Å². The standard InChI is InChI=1S/C16H26N2/c1-12(2)15(17)10-11-18(3)16-9-8-13-6-4-5-7-14(13)16/h4-7,12,15-16H,8-11,17H2,1-3H3. The van der Waals surface area contributed by atoms with Crippen LogP contribution in [0, 0.1) is 5.92 Å². The molecule has 0 saturated heterocycles. The summed E-state index contributed by atoms with van der Waals surface area (Å²) in [5.41, 5.74) is 9.19. The molecule has 0 aliphatic heterocycles. The van der Waals surface area contributed by atoms with Crippen LogP contribution in [0.5, 0.6) is 0 Å². The molecule has 2 heteroatoms. The summed E-state index contributed by atoms with van der Waals surface area (Å²) in [7, 11) is 2.24. The molecule has 1 aromatic carbocycles. The third-order valence-corrected chi connectivity index (χ3v) is 4.30. The lowest BCUT2D eigenvalue weighted by molar-refractivity contribution is 0.228. The summed E-state index contributed by atoms with van der Waals surface area (Å²) < 4.78 is 0. The van der Waals surface area contributed by atoms with Gasteiger partial charge in [0.15, 0.2) is 0 Å². The third kappa shape index (κ3) is 2.93. The Kier molecular flexibility index (Phi) is 4.41. The maximum absolute atomic E-state index is 6.13. The van der Waals surface area contributed by atoms with E-state index >= 15 is 0 Å². The van der Waals surface area contributed by atoms with E-state index in [4.69, 9.17) is 5.73 Å². The van der Waals surface area contributed by atoms with Crippen molar-refractivity contribution < 1.29 is 0 Å². The van der Waals surface area contributed by atoms with Gasteiger partial charge in [0.2, 0.25) is 0 Å². The van der Waals surface area contributed by atoms with E-state index < -0.39 is 0 Å². The molecular weight excluding hydrogens is 220 g/mol. The van der Waals surface area contributed by atoms with Gasteiger partial charge in [-0.25, -0.2) is 0 Å². The fourth-order valence-corrected chi connectivity index (χ4v) is 2.83. The van der Waals surface area contributed by atoms with Gasteiger partial charge in [0.1, 0.15) is 0 Å². The fraction of sp³-hybridized carbons (Fsp3) is 0.625. The molecule has 18 heavy (non-hydrogen) atoms. The molecule has 0 saturated carbocycles. The molecule has 100 valence electrons. The summed E-state index contributed by atoms with van der Waals surface area (Å²) in [5, 5.41) is 0. The summed E-state index contributed by atoms with van der Waals surface area (Å²) in [6.07, 6.45) is 3.57. The Morgan fingerprint density at radius 2 is 2.06 bits per heavy atom. The van der Waals surface area contributed by atoms with Crippen LogP contribution in [0.25, 0.3) is 0 Å². The van der Waals surface area contributed by atoms with Crippen molar-refractivity contribution in [2.45, 2.75) is 45.2 Å². The minimum Gasteiger partial charge on any atom is -0.327 e. The van der Waals surface area contributed by atoms with Gasteiger partial charge in [-0.2, -0.15) is 0 Å². The average Bonchev–Trinajstić information content (AvgIpc) is 2.79. The molecule has 2 unspecified atom stereocenters. The molecule has 0 amide bonds. The van der Waals surface area contributed by atoms with Crippen molar-refractivity contribution in [3.05, 3.63) is 35.4 Å². The second kappa shape index (κ2) is 5.85. The van der Waals surface area contributed by atoms with E-state index in [9.17, 15) is 0 Å². The molecule has 2 nitrogen and oxygen atoms in total. The lowest BCUT2D eigenvalue weighted by atomic mass is 10.0. The lowest BCUT2D eigenvalue weighted by Crippen LogP contribution is -2.33. The zero-order valence-corrected chi connectivity index (χ0v) is 11.9. The maximum atomic E-state index is 6.13. The molecule has 1 aliphatic rings. The number of fused-ring (bicyclic) bond motifs is 1. The van der Waals surface area contributed by atoms with E-state index in [0.717, 1.165) is 13.0 Å². The average molecular weight is 246 g/mol. The van der Waals surface area contributed by atoms with Crippen molar-refractivity contribution in [1.82, 2.24) is 4.90 Å². The molecule has 1 aromatic rings. The Bertz CT molecular complexity index is 386. The van der Waals surface area contributed by atoms with Crippen LogP contribution in [0.2, 0.25) is 0 Å². The first kappa shape index (κ1) is 13.6. The van der Waals surface area contributed by atoms with Crippen molar-refractivity contribution in [2.24, 2.45) is 11.7 Å². The van der Waals surface area contributed by atoms with Crippen LogP contribution < -0.4 is 5.73 Å². The van der Waals surface area contributed by atoms with E-state index in [1.165, 1.54) is 24.0 Å². The molecule has 0 radical (unpaired) electrons. The smallest absolute Gasteiger partial charge is 0.0350 e. The number of benzene rings is 1. The fourth-order valence-electron chi connectivity index (χ4n) is 2.83. The molecule has 2 rings (SSSR count). The van der Waals surface area contributed by atoms with Gasteiger partial charge >= 0.3 is 0 Å². The highest BCUT2D eigenvalue weighted by Gasteiger charge is 2.25. The van der Waals surface area contributed by atoms with E-state index in [1.54, 1.807) is 0 Å². The van der Waals surface area contributed by atoms with Crippen LogP contribution in [0.1, 0.15) is 43.9 Å². The predicted octanol–water partition coefficient (Wildman–Crippen LogP) is 2.98. The SMILES string of the molecule is CC(C)C(N)CCN(C)C1CCc2ccccc21. The van der Waals surface area contributed by atoms with Gasteiger partial charge in [-0.15, -0.1) is 0 Å². The molecule has 0 bridgehead atoms. The maximum Gasteiger partial charge on any atom is 0.0350 e. The van der Waals surface area contributed by atoms with E-state index in [-0.39, 0.29) is 0 Å². The third-order valence-electron chi connectivity index (χ3n) is 4.30. The molecular formula is C16H26N2. The number of hydrogen-bond donors (Lipinski definition) is 1. The van der Waals surface area contributed by atoms with Crippen LogP contribution >= 0.6 is 0 Å². The summed E-state index contributed by atoms with van der Waals surface area (Å²) >= 11 is 0. The van der Waals surface area contributed by atoms with Gasteiger partial charge in [0, 0.05) is 12.1 Å². The Morgan fingerprint density at radius 3 is 2.78 bits per heavy atom. The van der Waals surface area contributed by atoms with Crippen LogP contribution in [0.4, 0.5) is 0 Å². The number of hydrogen-bond acceptors (Lipinski definition) is 2. The largest absolute Gasteiger partial charge is 0.327 e. The first-order valence-corrected chi connectivity index (χ1v) is 7.13. The minimum absolute atomic E-state index is 0.323. The van der Waals surface area contributed by atoms with Crippen molar-refractivity contribution in [3.8, 4) is 0 Å². The second-order valence-corrected chi connectivity index (χ2v) is 5.93. The van der Waals surface area contributed by atoms with Gasteiger partial charge in [-0.05, 0) is 49.9 Å². The van der Waals surface area contributed by atoms with Crippen LogP contribution in [-0.4, -0.2) is 24.5 Å². The topological polar surface area (TPSA) is 29.3 Å². The number of nitrogens with zero attached hydrogens (tertiary/aromatic N) is 1. The molecule has 2 atom stereocenters. The zero-order valence-electron chi connectivity index (χ0n) is 11.9. The summed E-state index contributed by atoms with van der Waals surface area (Å²) in [5.74, 6) is 0.578. The zero-order chi connectivity index (χ0) is 13.1. The van der Waals surface area contributed by atoms with Crippen LogP contribution in [0.3, 0.4) is 0 Å². The van der Waals surface area contributed by atoms with Crippen molar-refractivity contribution in [2.75, 3.05) is 13.6 Å². The Balaban J connectivity index is 1.93. The first-order valence-electron chi connectivity index (χ1n) is 7.13. The van der Waals surface area contributed by atoms with Gasteiger partial charge in [-0.1, -0.05) is 38.1 Å². The molecule has 0 aromatic heterocycles. The normalized spacial score (nSPS) is 20.4. The highest BCUT2D eigenvalue weighted by atomic mass is 15.1. The molecule has 1 aliphatic carbocycles. The molecule has 2 N–H and O–H groups in total. The minimum atomic E-state index is 0.323. The predicted molar refractivity (Wildman–Crippen MR) is 77.6 cm³/mol. The van der Waals surface area contributed by atoms with Crippen LogP contribution in [0.15, 0.2) is 24.3 Å². The highest BCUT2D eigenvalue weighted by Crippen LogP contribution is 2.34. The lowest BCUT2D eigenvalue weighted by Gasteiger charge is -2.27. The van der Waals surface area contributed by atoms with Crippen molar-refractivity contribution in [1.29, 1.82) is 0 Å². The van der Waals surface area contributed by atoms with E-state index in [2.05, 4.69) is 50.1 Å². The Labute approximate surface area is 111 Å². The number of nitrogens with two attached hydrogens (primary N) is 1. The van der Waals surface area contributed by atoms with Crippen LogP contribution in [-0.2, 0) is 6.42 Å². The van der Waals surface area contributed by atoms with Crippen molar-refractivity contribution in [3.63, 3.8) is 0 Å². The van der Waals surface area contributed by atoms with E-state index in [0.29, 0.717) is 18.0 Å². The monoisotopic (exact) mass is 246 g/mol. The number of aryl methyl sites for hydroxylation is 1. The molecule has 0 fully saturated rings. The summed E-state index contributed by atoms with van der Waals surface area (Å²) in [6.45, 7) is 5.50. The van der Waals surface area contributed by atoms with Gasteiger partial charge in [0.05, 0.1) is 0 Å². The van der Waals surface area contributed by atoms with Crippen molar-refractivity contribution >= 4 is 0 Å². The van der Waals surface area contributed by atoms with Gasteiger partial charge < -0.3 is 5.73 Å². The quantitative estimate of drug-likeness (QED) is 0.865. The first-order chi connectivity index (χ1) is 8.59. The van der Waals surface area contributed by atoms with E-state index in [1.807, 2.05) is 0 Å². The summed E-state index contributed by atoms with van der Waals surface area (Å²) in [6, 6.07) is 9.78. The van der Waals surface area contributed by atoms with Gasteiger partial charge in [0.25, 0.3) is 0 Å². The number of rotatable bonds is 5. The Morgan fingerprint density at radius 1 is 1.33 bits per heavy atom.